The highest BCUT2D eigenvalue weighted by Gasteiger charge is 2.20. The van der Waals surface area contributed by atoms with E-state index in [9.17, 15) is 0 Å². The van der Waals surface area contributed by atoms with E-state index >= 15 is 0 Å². The van der Waals surface area contributed by atoms with Crippen LogP contribution in [0.25, 0.3) is 10.8 Å². The smallest absolute Gasteiger partial charge is 0.125 e. The number of fused-ring (bicyclic) bond motifs is 1. The van der Waals surface area contributed by atoms with E-state index in [1.165, 1.54) is 0 Å². The first-order valence-corrected chi connectivity index (χ1v) is 6.75. The second-order valence-corrected chi connectivity index (χ2v) is 5.09. The molecule has 2 aromatic carbocycles. The highest BCUT2D eigenvalue weighted by Crippen LogP contribution is 2.33. The van der Waals surface area contributed by atoms with Crippen molar-refractivity contribution in [2.45, 2.75) is 6.10 Å². The molecule has 0 aromatic heterocycles. The summed E-state index contributed by atoms with van der Waals surface area (Å²) in [6, 6.07) is 10.0. The lowest BCUT2D eigenvalue weighted by Crippen LogP contribution is -2.33. The summed E-state index contributed by atoms with van der Waals surface area (Å²) < 4.78 is 11.3. The second-order valence-electron chi connectivity index (χ2n) is 4.65. The summed E-state index contributed by atoms with van der Waals surface area (Å²) in [5, 5.41) is 6.31. The molecule has 1 N–H and O–H groups in total. The Morgan fingerprint density at radius 2 is 2.16 bits per heavy atom. The van der Waals surface area contributed by atoms with Crippen molar-refractivity contribution in [1.82, 2.24) is 5.32 Å². The van der Waals surface area contributed by atoms with Crippen LogP contribution in [-0.2, 0) is 4.74 Å². The van der Waals surface area contributed by atoms with E-state index in [1.807, 2.05) is 24.3 Å². The third-order valence-corrected chi connectivity index (χ3v) is 3.66. The molecular weight excluding hydrogens is 262 g/mol. The summed E-state index contributed by atoms with van der Waals surface area (Å²) in [6.45, 7) is 2.43. The molecule has 0 spiro atoms. The van der Waals surface area contributed by atoms with Gasteiger partial charge in [-0.15, -0.1) is 0 Å². The van der Waals surface area contributed by atoms with Crippen molar-refractivity contribution >= 4 is 22.4 Å². The van der Waals surface area contributed by atoms with Crippen LogP contribution in [0.3, 0.4) is 0 Å². The number of nitrogens with one attached hydrogen (secondary N) is 1. The molecule has 0 bridgehead atoms. The van der Waals surface area contributed by atoms with E-state index in [0.29, 0.717) is 0 Å². The average Bonchev–Trinajstić information content (AvgIpc) is 2.46. The van der Waals surface area contributed by atoms with Gasteiger partial charge in [-0.25, -0.2) is 0 Å². The van der Waals surface area contributed by atoms with Gasteiger partial charge in [0.25, 0.3) is 0 Å². The molecule has 1 aliphatic rings. The predicted molar refractivity (Wildman–Crippen MR) is 77.1 cm³/mol. The molecule has 1 atom stereocenters. The van der Waals surface area contributed by atoms with Crippen LogP contribution >= 0.6 is 11.6 Å². The third-order valence-electron chi connectivity index (χ3n) is 3.43. The van der Waals surface area contributed by atoms with E-state index in [1.54, 1.807) is 7.11 Å². The first kappa shape index (κ1) is 12.7. The zero-order valence-electron chi connectivity index (χ0n) is 10.8. The number of hydrogen-bond donors (Lipinski definition) is 1. The topological polar surface area (TPSA) is 30.5 Å². The van der Waals surface area contributed by atoms with Gasteiger partial charge in [-0.2, -0.15) is 0 Å². The second kappa shape index (κ2) is 5.37. The normalized spacial score (nSPS) is 19.6. The maximum atomic E-state index is 6.06. The first-order valence-electron chi connectivity index (χ1n) is 6.37. The van der Waals surface area contributed by atoms with Gasteiger partial charge < -0.3 is 14.8 Å². The number of ether oxygens (including phenoxy) is 2. The van der Waals surface area contributed by atoms with Crippen molar-refractivity contribution in [3.63, 3.8) is 0 Å². The van der Waals surface area contributed by atoms with Crippen molar-refractivity contribution in [1.29, 1.82) is 0 Å². The Balaban J connectivity index is 2.10. The summed E-state index contributed by atoms with van der Waals surface area (Å²) in [5.74, 6) is 0.864. The van der Waals surface area contributed by atoms with Crippen LogP contribution in [0.4, 0.5) is 0 Å². The van der Waals surface area contributed by atoms with Crippen LogP contribution in [0, 0.1) is 0 Å². The molecule has 0 aliphatic carbocycles. The van der Waals surface area contributed by atoms with E-state index in [4.69, 9.17) is 21.1 Å². The number of benzene rings is 2. The third kappa shape index (κ3) is 2.54. The van der Waals surface area contributed by atoms with Gasteiger partial charge in [-0.1, -0.05) is 17.7 Å². The Kier molecular flexibility index (Phi) is 3.60. The lowest BCUT2D eigenvalue weighted by Gasteiger charge is -2.25. The van der Waals surface area contributed by atoms with Gasteiger partial charge in [-0.3, -0.25) is 0 Å². The predicted octanol–water partition coefficient (Wildman–Crippen LogP) is 3.16. The molecule has 1 unspecified atom stereocenters. The van der Waals surface area contributed by atoms with Gasteiger partial charge in [0.1, 0.15) is 5.75 Å². The van der Waals surface area contributed by atoms with Gasteiger partial charge in [0.2, 0.25) is 0 Å². The fourth-order valence-corrected chi connectivity index (χ4v) is 2.64. The van der Waals surface area contributed by atoms with Gasteiger partial charge in [0.15, 0.2) is 0 Å². The molecule has 3 rings (SSSR count). The van der Waals surface area contributed by atoms with E-state index in [2.05, 4.69) is 11.4 Å². The minimum Gasteiger partial charge on any atom is -0.496 e. The number of hydrogen-bond acceptors (Lipinski definition) is 3. The summed E-state index contributed by atoms with van der Waals surface area (Å²) in [4.78, 5) is 0. The Morgan fingerprint density at radius 3 is 2.89 bits per heavy atom. The summed E-state index contributed by atoms with van der Waals surface area (Å²) in [6.07, 6.45) is 0.0343. The Labute approximate surface area is 117 Å². The maximum Gasteiger partial charge on any atom is 0.125 e. The highest BCUT2D eigenvalue weighted by atomic mass is 35.5. The average molecular weight is 278 g/mol. The van der Waals surface area contributed by atoms with Gasteiger partial charge in [0, 0.05) is 23.7 Å². The SMILES string of the molecule is COc1cc2ccc(Cl)cc2cc1C1CNCCO1. The minimum atomic E-state index is 0.0343. The van der Waals surface area contributed by atoms with Gasteiger partial charge in [-0.05, 0) is 35.0 Å². The van der Waals surface area contributed by atoms with Crippen molar-refractivity contribution in [2.75, 3.05) is 26.8 Å². The van der Waals surface area contributed by atoms with Crippen molar-refractivity contribution in [2.24, 2.45) is 0 Å². The lowest BCUT2D eigenvalue weighted by atomic mass is 10.0. The molecule has 1 saturated heterocycles. The van der Waals surface area contributed by atoms with Crippen molar-refractivity contribution < 1.29 is 9.47 Å². The zero-order valence-corrected chi connectivity index (χ0v) is 11.5. The highest BCUT2D eigenvalue weighted by molar-refractivity contribution is 6.31. The van der Waals surface area contributed by atoms with Crippen LogP contribution in [0.2, 0.25) is 5.02 Å². The van der Waals surface area contributed by atoms with Crippen LogP contribution in [-0.4, -0.2) is 26.8 Å². The molecule has 19 heavy (non-hydrogen) atoms. The van der Waals surface area contributed by atoms with E-state index < -0.39 is 0 Å². The minimum absolute atomic E-state index is 0.0343. The number of rotatable bonds is 2. The Hall–Kier alpha value is -1.29. The number of morpholine rings is 1. The molecule has 0 saturated carbocycles. The van der Waals surface area contributed by atoms with Crippen LogP contribution in [0.15, 0.2) is 30.3 Å². The van der Waals surface area contributed by atoms with Crippen LogP contribution in [0.5, 0.6) is 5.75 Å². The lowest BCUT2D eigenvalue weighted by molar-refractivity contribution is 0.0263. The molecule has 2 aromatic rings. The molecule has 1 aliphatic heterocycles. The fourth-order valence-electron chi connectivity index (χ4n) is 2.46. The molecular formula is C15H16ClNO2. The summed E-state index contributed by atoms with van der Waals surface area (Å²) >= 11 is 6.06. The molecule has 0 amide bonds. The monoisotopic (exact) mass is 277 g/mol. The molecule has 1 heterocycles. The van der Waals surface area contributed by atoms with E-state index in [0.717, 1.165) is 46.8 Å². The standard InChI is InChI=1S/C15H16ClNO2/c1-18-14-8-10-2-3-12(16)6-11(10)7-13(14)15-9-17-4-5-19-15/h2-3,6-8,15,17H,4-5,9H2,1H3. The number of methoxy groups -OCH3 is 1. The van der Waals surface area contributed by atoms with Crippen molar-refractivity contribution in [3.05, 3.63) is 40.9 Å². The molecule has 1 fully saturated rings. The summed E-state index contributed by atoms with van der Waals surface area (Å²) in [5.41, 5.74) is 1.07. The van der Waals surface area contributed by atoms with Gasteiger partial charge in [0.05, 0.1) is 19.8 Å². The molecule has 0 radical (unpaired) electrons. The van der Waals surface area contributed by atoms with E-state index in [-0.39, 0.29) is 6.10 Å². The van der Waals surface area contributed by atoms with Gasteiger partial charge >= 0.3 is 0 Å². The fraction of sp³-hybridized carbons (Fsp3) is 0.333. The first-order chi connectivity index (χ1) is 9.28. The Morgan fingerprint density at radius 1 is 1.26 bits per heavy atom. The van der Waals surface area contributed by atoms with Crippen LogP contribution < -0.4 is 10.1 Å². The zero-order chi connectivity index (χ0) is 13.2. The number of halogens is 1. The largest absolute Gasteiger partial charge is 0.496 e. The summed E-state index contributed by atoms with van der Waals surface area (Å²) in [7, 11) is 1.69. The van der Waals surface area contributed by atoms with Crippen LogP contribution in [0.1, 0.15) is 11.7 Å². The molecule has 4 heteroatoms. The quantitative estimate of drug-likeness (QED) is 0.915. The maximum absolute atomic E-state index is 6.06. The Bertz CT molecular complexity index is 594. The molecule has 100 valence electrons. The van der Waals surface area contributed by atoms with Crippen molar-refractivity contribution in [3.8, 4) is 5.75 Å². The molecule has 3 nitrogen and oxygen atoms in total.